The number of nitrogens with zero attached hydrogens (tertiary/aromatic N) is 1. The van der Waals surface area contributed by atoms with Crippen LogP contribution in [-0.2, 0) is 0 Å². The zero-order valence-corrected chi connectivity index (χ0v) is 15.4. The van der Waals surface area contributed by atoms with Gasteiger partial charge in [0.25, 0.3) is 5.91 Å². The van der Waals surface area contributed by atoms with Crippen LogP contribution in [0.25, 0.3) is 0 Å². The number of amides is 1. The highest BCUT2D eigenvalue weighted by Gasteiger charge is 2.20. The highest BCUT2D eigenvalue weighted by molar-refractivity contribution is 5.94. The smallest absolute Gasteiger partial charge is 0.251 e. The third-order valence-corrected chi connectivity index (χ3v) is 4.09. The third-order valence-electron chi connectivity index (χ3n) is 4.09. The molecule has 1 aliphatic rings. The molecule has 1 amide bonds. The van der Waals surface area contributed by atoms with Crippen LogP contribution in [-0.4, -0.2) is 23.0 Å². The third kappa shape index (κ3) is 6.20. The summed E-state index contributed by atoms with van der Waals surface area (Å²) in [5.41, 5.74) is 6.50. The van der Waals surface area contributed by atoms with Gasteiger partial charge in [0.15, 0.2) is 0 Å². The first-order valence-electron chi connectivity index (χ1n) is 7.95. The molecule has 0 saturated heterocycles. The second kappa shape index (κ2) is 10.2. The topological polar surface area (TPSA) is 77.2 Å². The van der Waals surface area contributed by atoms with Crippen molar-refractivity contribution < 1.29 is 9.53 Å². The van der Waals surface area contributed by atoms with Crippen molar-refractivity contribution >= 4 is 30.7 Å². The minimum atomic E-state index is -0.0642. The summed E-state index contributed by atoms with van der Waals surface area (Å²) in [6.07, 6.45) is 7.16. The second-order valence-electron chi connectivity index (χ2n) is 5.90. The number of halogens is 2. The molecule has 1 aromatic heterocycles. The van der Waals surface area contributed by atoms with Crippen LogP contribution in [0.5, 0.6) is 11.5 Å². The number of hydrogen-bond donors (Lipinski definition) is 2. The van der Waals surface area contributed by atoms with Crippen LogP contribution < -0.4 is 15.8 Å². The van der Waals surface area contributed by atoms with Crippen molar-refractivity contribution in [3.05, 3.63) is 54.4 Å². The first-order chi connectivity index (χ1) is 11.2. The lowest BCUT2D eigenvalue weighted by molar-refractivity contribution is 0.0925. The van der Waals surface area contributed by atoms with Gasteiger partial charge < -0.3 is 15.8 Å². The fraction of sp³-hybridized carbons (Fsp3) is 0.333. The van der Waals surface area contributed by atoms with Gasteiger partial charge in [-0.25, -0.2) is 0 Å². The minimum Gasteiger partial charge on any atom is -0.457 e. The van der Waals surface area contributed by atoms with Crippen molar-refractivity contribution in [2.75, 3.05) is 0 Å². The molecular formula is C18H23Cl2N3O2. The largest absolute Gasteiger partial charge is 0.457 e. The van der Waals surface area contributed by atoms with E-state index in [4.69, 9.17) is 10.5 Å². The zero-order valence-electron chi connectivity index (χ0n) is 13.8. The maximum absolute atomic E-state index is 12.4. The van der Waals surface area contributed by atoms with Crippen LogP contribution in [0.4, 0.5) is 0 Å². The molecule has 0 aliphatic heterocycles. The van der Waals surface area contributed by atoms with Gasteiger partial charge in [-0.2, -0.15) is 0 Å². The molecule has 136 valence electrons. The number of rotatable bonds is 4. The summed E-state index contributed by atoms with van der Waals surface area (Å²) in [5.74, 6) is 1.26. The fourth-order valence-corrected chi connectivity index (χ4v) is 2.78. The number of pyridine rings is 1. The molecule has 0 radical (unpaired) electrons. The molecule has 1 heterocycles. The molecule has 1 fully saturated rings. The van der Waals surface area contributed by atoms with Gasteiger partial charge in [-0.05, 0) is 56.0 Å². The maximum atomic E-state index is 12.4. The van der Waals surface area contributed by atoms with E-state index in [9.17, 15) is 4.79 Å². The summed E-state index contributed by atoms with van der Waals surface area (Å²) < 4.78 is 5.74. The van der Waals surface area contributed by atoms with E-state index >= 15 is 0 Å². The van der Waals surface area contributed by atoms with Crippen molar-refractivity contribution in [2.24, 2.45) is 5.73 Å². The molecule has 1 aromatic carbocycles. The summed E-state index contributed by atoms with van der Waals surface area (Å²) in [6.45, 7) is 0. The molecule has 5 nitrogen and oxygen atoms in total. The van der Waals surface area contributed by atoms with E-state index in [1.165, 1.54) is 0 Å². The maximum Gasteiger partial charge on any atom is 0.251 e. The molecule has 25 heavy (non-hydrogen) atoms. The van der Waals surface area contributed by atoms with E-state index in [1.54, 1.807) is 36.7 Å². The second-order valence-corrected chi connectivity index (χ2v) is 5.90. The summed E-state index contributed by atoms with van der Waals surface area (Å²) >= 11 is 0. The quantitative estimate of drug-likeness (QED) is 0.843. The number of carbonyl (C=O) groups is 1. The number of nitrogens with two attached hydrogens (primary N) is 1. The average molecular weight is 384 g/mol. The first kappa shape index (κ1) is 21.2. The van der Waals surface area contributed by atoms with Gasteiger partial charge in [0, 0.05) is 30.0 Å². The predicted octanol–water partition coefficient (Wildman–Crippen LogP) is 3.72. The summed E-state index contributed by atoms with van der Waals surface area (Å²) in [4.78, 5) is 16.3. The van der Waals surface area contributed by atoms with Gasteiger partial charge in [-0.3, -0.25) is 9.78 Å². The summed E-state index contributed by atoms with van der Waals surface area (Å²) in [7, 11) is 0. The molecule has 0 unspecified atom stereocenters. The van der Waals surface area contributed by atoms with E-state index < -0.39 is 0 Å². The Morgan fingerprint density at radius 2 is 1.72 bits per heavy atom. The minimum absolute atomic E-state index is 0. The van der Waals surface area contributed by atoms with Gasteiger partial charge in [0.1, 0.15) is 11.5 Å². The Labute approximate surface area is 160 Å². The normalized spacial score (nSPS) is 19.1. The number of nitrogens with one attached hydrogen (secondary N) is 1. The Morgan fingerprint density at radius 1 is 1.04 bits per heavy atom. The molecule has 1 saturated carbocycles. The Hall–Kier alpha value is -1.82. The van der Waals surface area contributed by atoms with Crippen LogP contribution in [0.15, 0.2) is 48.8 Å². The molecule has 3 N–H and O–H groups in total. The van der Waals surface area contributed by atoms with Gasteiger partial charge in [0.2, 0.25) is 0 Å². The zero-order chi connectivity index (χ0) is 16.1. The van der Waals surface area contributed by atoms with Gasteiger partial charge in [-0.15, -0.1) is 24.8 Å². The molecule has 7 heteroatoms. The van der Waals surface area contributed by atoms with Crippen molar-refractivity contribution in [3.8, 4) is 11.5 Å². The number of carbonyl (C=O) groups excluding carboxylic acids is 1. The molecule has 2 aromatic rings. The highest BCUT2D eigenvalue weighted by Crippen LogP contribution is 2.22. The van der Waals surface area contributed by atoms with Gasteiger partial charge in [-0.1, -0.05) is 6.07 Å². The van der Waals surface area contributed by atoms with E-state index in [0.717, 1.165) is 25.7 Å². The molecule has 0 bridgehead atoms. The summed E-state index contributed by atoms with van der Waals surface area (Å²) in [5, 5.41) is 3.09. The Balaban J connectivity index is 0.00000156. The van der Waals surface area contributed by atoms with E-state index in [2.05, 4.69) is 10.3 Å². The molecule has 0 atom stereocenters. The number of ether oxygens (including phenoxy) is 1. The monoisotopic (exact) mass is 383 g/mol. The lowest BCUT2D eigenvalue weighted by atomic mass is 9.91. The fourth-order valence-electron chi connectivity index (χ4n) is 2.78. The van der Waals surface area contributed by atoms with Crippen molar-refractivity contribution in [3.63, 3.8) is 0 Å². The van der Waals surface area contributed by atoms with Crippen molar-refractivity contribution in [1.82, 2.24) is 10.3 Å². The van der Waals surface area contributed by atoms with Gasteiger partial charge in [0.05, 0.1) is 0 Å². The van der Waals surface area contributed by atoms with Crippen molar-refractivity contribution in [2.45, 2.75) is 37.8 Å². The van der Waals surface area contributed by atoms with Crippen LogP contribution >= 0.6 is 24.8 Å². The molecule has 1 aliphatic carbocycles. The highest BCUT2D eigenvalue weighted by atomic mass is 35.5. The number of hydrogen-bond acceptors (Lipinski definition) is 4. The lowest BCUT2D eigenvalue weighted by Gasteiger charge is -2.26. The molecule has 3 rings (SSSR count). The SMILES string of the molecule is Cl.Cl.NC1CCC(NC(=O)c2cccc(Oc3ccncc3)c2)CC1. The number of benzene rings is 1. The van der Waals surface area contributed by atoms with E-state index in [-0.39, 0.29) is 42.8 Å². The molecular weight excluding hydrogens is 361 g/mol. The van der Waals surface area contributed by atoms with E-state index in [0.29, 0.717) is 17.1 Å². The Bertz CT molecular complexity index is 662. The lowest BCUT2D eigenvalue weighted by Crippen LogP contribution is -2.40. The Kier molecular flexibility index (Phi) is 8.69. The van der Waals surface area contributed by atoms with Crippen LogP contribution in [0.3, 0.4) is 0 Å². The summed E-state index contributed by atoms with van der Waals surface area (Å²) in [6, 6.07) is 11.2. The average Bonchev–Trinajstić information content (AvgIpc) is 2.58. The van der Waals surface area contributed by atoms with Gasteiger partial charge >= 0.3 is 0 Å². The number of aromatic nitrogens is 1. The predicted molar refractivity (Wildman–Crippen MR) is 103 cm³/mol. The standard InChI is InChI=1S/C18H21N3O2.2ClH/c19-14-4-6-15(7-5-14)21-18(22)13-2-1-3-17(12-13)23-16-8-10-20-11-9-16;;/h1-3,8-12,14-15H,4-7,19H2,(H,21,22);2*1H. The van der Waals surface area contributed by atoms with Crippen LogP contribution in [0.2, 0.25) is 0 Å². The molecule has 0 spiro atoms. The van der Waals surface area contributed by atoms with E-state index in [1.807, 2.05) is 12.1 Å². The van der Waals surface area contributed by atoms with Crippen LogP contribution in [0.1, 0.15) is 36.0 Å². The first-order valence-corrected chi connectivity index (χ1v) is 7.95. The van der Waals surface area contributed by atoms with Crippen molar-refractivity contribution in [1.29, 1.82) is 0 Å². The Morgan fingerprint density at radius 3 is 2.40 bits per heavy atom. The van der Waals surface area contributed by atoms with Crippen LogP contribution in [0, 0.1) is 0 Å².